The number of isothiocyanates is 1. The zero-order chi connectivity index (χ0) is 16.3. The lowest BCUT2D eigenvalue weighted by Gasteiger charge is -2.19. The zero-order valence-corrected chi connectivity index (χ0v) is 16.9. The molecular formula is C14H15NO2S4Si. The monoisotopic (exact) mass is 385 g/mol. The second-order valence-corrected chi connectivity index (χ2v) is 14.9. The number of thiophene rings is 2. The van der Waals surface area contributed by atoms with Gasteiger partial charge >= 0.3 is 0 Å². The Hall–Kier alpha value is -0.633. The maximum atomic E-state index is 12.9. The number of nitrogens with zero attached hydrogens (tertiary/aromatic N) is 1. The van der Waals surface area contributed by atoms with E-state index in [0.717, 1.165) is 20.9 Å². The number of aliphatic imine (C=N–C) groups is 1. The summed E-state index contributed by atoms with van der Waals surface area (Å²) in [7, 11) is -5.22. The predicted octanol–water partition coefficient (Wildman–Crippen LogP) is 3.80. The molecule has 0 N–H and O–H groups in total. The van der Waals surface area contributed by atoms with Crippen molar-refractivity contribution in [3.63, 3.8) is 0 Å². The van der Waals surface area contributed by atoms with Gasteiger partial charge in [-0.1, -0.05) is 13.1 Å². The van der Waals surface area contributed by atoms with Gasteiger partial charge in [0, 0.05) is 6.17 Å². The second-order valence-electron chi connectivity index (χ2n) is 6.09. The van der Waals surface area contributed by atoms with Crippen LogP contribution >= 0.6 is 34.9 Å². The summed E-state index contributed by atoms with van der Waals surface area (Å²) in [5, 5.41) is 4.36. The first-order valence-corrected chi connectivity index (χ1v) is 13.5. The highest BCUT2D eigenvalue weighted by molar-refractivity contribution is 7.92. The van der Waals surface area contributed by atoms with E-state index >= 15 is 0 Å². The van der Waals surface area contributed by atoms with Crippen LogP contribution in [0.3, 0.4) is 0 Å². The van der Waals surface area contributed by atoms with Crippen LogP contribution in [0, 0.1) is 13.8 Å². The number of rotatable bonds is 3. The molecule has 0 saturated heterocycles. The van der Waals surface area contributed by atoms with Crippen LogP contribution in [0.4, 0.5) is 0 Å². The van der Waals surface area contributed by atoms with Crippen molar-refractivity contribution in [3.05, 3.63) is 16.5 Å². The number of hydrogen-bond donors (Lipinski definition) is 0. The highest BCUT2D eigenvalue weighted by Gasteiger charge is 2.42. The Morgan fingerprint density at radius 2 is 1.95 bits per heavy atom. The van der Waals surface area contributed by atoms with Gasteiger partial charge in [0.2, 0.25) is 9.84 Å². The smallest absolute Gasteiger partial charge is 0.210 e. The number of thiocarbonyl (C=S) groups is 1. The molecule has 8 heteroatoms. The average molecular weight is 386 g/mol. The lowest BCUT2D eigenvalue weighted by Crippen LogP contribution is -2.44. The third-order valence-corrected chi connectivity index (χ3v) is 13.3. The van der Waals surface area contributed by atoms with E-state index in [9.17, 15) is 8.42 Å². The van der Waals surface area contributed by atoms with Gasteiger partial charge in [-0.05, 0) is 47.1 Å². The van der Waals surface area contributed by atoms with Gasteiger partial charge in [-0.2, -0.15) is 0 Å². The van der Waals surface area contributed by atoms with Crippen LogP contribution < -0.4 is 4.50 Å². The van der Waals surface area contributed by atoms with E-state index in [-0.39, 0.29) is 0 Å². The van der Waals surface area contributed by atoms with Crippen LogP contribution in [0.5, 0.6) is 0 Å². The highest BCUT2D eigenvalue weighted by Crippen LogP contribution is 2.52. The van der Waals surface area contributed by atoms with Gasteiger partial charge in [-0.15, -0.1) is 22.7 Å². The SMILES string of the molecule is Cc1csc2c1S(=O)(=O)c1c-2sc([Si](C)(C)CN=C=S)c1C. The minimum absolute atomic E-state index is 0.518. The van der Waals surface area contributed by atoms with E-state index in [2.05, 4.69) is 35.5 Å². The van der Waals surface area contributed by atoms with Gasteiger partial charge in [0.25, 0.3) is 0 Å². The Bertz CT molecular complexity index is 930. The summed E-state index contributed by atoms with van der Waals surface area (Å²) < 4.78 is 27.0. The van der Waals surface area contributed by atoms with Crippen molar-refractivity contribution in [2.24, 2.45) is 4.99 Å². The van der Waals surface area contributed by atoms with Crippen molar-refractivity contribution in [2.45, 2.75) is 36.7 Å². The molecule has 1 aliphatic heterocycles. The lowest BCUT2D eigenvalue weighted by molar-refractivity contribution is 0.598. The van der Waals surface area contributed by atoms with E-state index < -0.39 is 17.9 Å². The molecule has 3 nitrogen and oxygen atoms in total. The van der Waals surface area contributed by atoms with Crippen molar-refractivity contribution in [1.29, 1.82) is 0 Å². The number of sulfone groups is 1. The highest BCUT2D eigenvalue weighted by atomic mass is 32.2. The summed E-state index contributed by atoms with van der Waals surface area (Å²) in [5.41, 5.74) is 1.77. The third-order valence-electron chi connectivity index (χ3n) is 3.91. The van der Waals surface area contributed by atoms with E-state index in [1.807, 2.05) is 19.2 Å². The normalized spacial score (nSPS) is 15.3. The molecule has 2 aromatic rings. The fraction of sp³-hybridized carbons (Fsp3) is 0.357. The van der Waals surface area contributed by atoms with E-state index in [1.54, 1.807) is 11.3 Å². The van der Waals surface area contributed by atoms with Crippen LogP contribution in [0.1, 0.15) is 11.1 Å². The molecule has 0 atom stereocenters. The van der Waals surface area contributed by atoms with Gasteiger partial charge in [0.05, 0.1) is 24.7 Å². The standard InChI is InChI=1S/C14H15NO2S4Si/c1-8-5-19-10-11-13(21(16,17)12(8)10)9(2)14(20-11)22(3,4)7-15-6-18/h5H,7H2,1-4H3. The Morgan fingerprint density at radius 3 is 2.59 bits per heavy atom. The molecule has 2 aromatic heterocycles. The fourth-order valence-electron chi connectivity index (χ4n) is 2.94. The molecule has 0 unspecified atom stereocenters. The van der Waals surface area contributed by atoms with Gasteiger partial charge in [-0.3, -0.25) is 0 Å². The molecule has 0 aliphatic carbocycles. The lowest BCUT2D eigenvalue weighted by atomic mass is 10.3. The van der Waals surface area contributed by atoms with Crippen molar-refractivity contribution < 1.29 is 8.42 Å². The van der Waals surface area contributed by atoms with E-state index in [0.29, 0.717) is 16.0 Å². The van der Waals surface area contributed by atoms with E-state index in [1.165, 1.54) is 15.8 Å². The first-order valence-electron chi connectivity index (χ1n) is 6.73. The summed E-state index contributed by atoms with van der Waals surface area (Å²) in [5.74, 6) is 0. The number of hydrogen-bond acceptors (Lipinski definition) is 6. The molecule has 22 heavy (non-hydrogen) atoms. The predicted molar refractivity (Wildman–Crippen MR) is 99.6 cm³/mol. The molecule has 116 valence electrons. The van der Waals surface area contributed by atoms with Gasteiger partial charge in [0.15, 0.2) is 0 Å². The molecule has 1 aliphatic rings. The van der Waals surface area contributed by atoms with Crippen LogP contribution in [0.25, 0.3) is 9.75 Å². The van der Waals surface area contributed by atoms with Crippen LogP contribution in [0.2, 0.25) is 13.1 Å². The maximum Gasteiger partial charge on any atom is 0.210 e. The summed E-state index contributed by atoms with van der Waals surface area (Å²) in [6.07, 6.45) is 0.646. The first kappa shape index (κ1) is 16.2. The molecular weight excluding hydrogens is 371 g/mol. The second kappa shape index (κ2) is 5.19. The zero-order valence-electron chi connectivity index (χ0n) is 12.7. The summed E-state index contributed by atoms with van der Waals surface area (Å²) >= 11 is 7.84. The van der Waals surface area contributed by atoms with E-state index in [4.69, 9.17) is 0 Å². The average Bonchev–Trinajstić information content (AvgIpc) is 3.03. The minimum Gasteiger partial charge on any atom is -0.235 e. The van der Waals surface area contributed by atoms with Crippen molar-refractivity contribution in [3.8, 4) is 9.75 Å². The van der Waals surface area contributed by atoms with Crippen molar-refractivity contribution in [2.75, 3.05) is 6.17 Å². The summed E-state index contributed by atoms with van der Waals surface area (Å²) in [6, 6.07) is 0. The molecule has 3 heterocycles. The van der Waals surface area contributed by atoms with Crippen LogP contribution in [-0.2, 0) is 9.84 Å². The maximum absolute atomic E-state index is 12.9. The molecule has 0 amide bonds. The summed E-state index contributed by atoms with van der Waals surface area (Å²) in [6.45, 7) is 8.20. The number of aryl methyl sites for hydroxylation is 1. The largest absolute Gasteiger partial charge is 0.235 e. The van der Waals surface area contributed by atoms with Crippen LogP contribution in [-0.4, -0.2) is 27.8 Å². The van der Waals surface area contributed by atoms with Gasteiger partial charge in [-0.25, -0.2) is 13.4 Å². The molecule has 0 aromatic carbocycles. The fourth-order valence-corrected chi connectivity index (χ4v) is 11.7. The topological polar surface area (TPSA) is 46.5 Å². The molecule has 0 fully saturated rings. The minimum atomic E-state index is -3.37. The van der Waals surface area contributed by atoms with Crippen molar-refractivity contribution >= 4 is 62.5 Å². The summed E-state index contributed by atoms with van der Waals surface area (Å²) in [4.78, 5) is 7.00. The Morgan fingerprint density at radius 1 is 1.27 bits per heavy atom. The molecule has 0 spiro atoms. The van der Waals surface area contributed by atoms with Gasteiger partial charge < -0.3 is 0 Å². The van der Waals surface area contributed by atoms with Gasteiger partial charge in [0.1, 0.15) is 8.07 Å². The molecule has 0 saturated carbocycles. The first-order chi connectivity index (χ1) is 10.2. The Balaban J connectivity index is 2.27. The Kier molecular flexibility index (Phi) is 3.83. The van der Waals surface area contributed by atoms with Crippen molar-refractivity contribution in [1.82, 2.24) is 0 Å². The van der Waals surface area contributed by atoms with Crippen LogP contribution in [0.15, 0.2) is 20.2 Å². The molecule has 0 radical (unpaired) electrons. The number of fused-ring (bicyclic) bond motifs is 3. The third kappa shape index (κ3) is 2.13. The molecule has 3 rings (SSSR count). The Labute approximate surface area is 144 Å². The molecule has 0 bridgehead atoms. The quantitative estimate of drug-likeness (QED) is 0.391.